The summed E-state index contributed by atoms with van der Waals surface area (Å²) in [6.07, 6.45) is 1.85. The van der Waals surface area contributed by atoms with Crippen LogP contribution in [-0.2, 0) is 12.3 Å². The van der Waals surface area contributed by atoms with Crippen molar-refractivity contribution in [2.75, 3.05) is 36.0 Å². The number of benzene rings is 1. The minimum atomic E-state index is -2.89. The third-order valence-corrected chi connectivity index (χ3v) is 5.54. The van der Waals surface area contributed by atoms with E-state index in [2.05, 4.69) is 25.0 Å². The van der Waals surface area contributed by atoms with Crippen LogP contribution in [0.25, 0.3) is 0 Å². The fraction of sp³-hybridized carbons (Fsp3) is 0.348. The molecule has 1 aromatic carbocycles. The Morgan fingerprint density at radius 1 is 0.903 bits per heavy atom. The van der Waals surface area contributed by atoms with Gasteiger partial charge in [0.05, 0.1) is 5.69 Å². The molecule has 0 bridgehead atoms. The molecule has 0 amide bonds. The molecule has 0 saturated carbocycles. The number of piperazine rings is 1. The third-order valence-electron chi connectivity index (χ3n) is 5.54. The predicted molar refractivity (Wildman–Crippen MR) is 114 cm³/mol. The van der Waals surface area contributed by atoms with Crippen molar-refractivity contribution in [3.63, 3.8) is 0 Å². The van der Waals surface area contributed by atoms with Crippen LogP contribution in [0.4, 0.5) is 24.8 Å². The van der Waals surface area contributed by atoms with Gasteiger partial charge < -0.3 is 9.80 Å². The van der Waals surface area contributed by atoms with Gasteiger partial charge in [0.1, 0.15) is 11.6 Å². The maximum absolute atomic E-state index is 13.4. The van der Waals surface area contributed by atoms with E-state index in [0.717, 1.165) is 42.7 Å². The highest BCUT2D eigenvalue weighted by Gasteiger charge is 2.25. The molecule has 0 aliphatic carbocycles. The molecular weight excluding hydrogens is 403 g/mol. The zero-order chi connectivity index (χ0) is 22.0. The standard InChI is InChI=1S/C23H24F3N5/c1-16-13-22(29-28-20(16)14-17-3-6-19(24)7-4-17)31-11-9-30(10-12-31)21-8-5-18(15-27-21)23(2,25)26/h3-8,13,15H,9-12,14H2,1-2H3. The van der Waals surface area contributed by atoms with E-state index in [-0.39, 0.29) is 11.4 Å². The van der Waals surface area contributed by atoms with Crippen molar-refractivity contribution in [2.45, 2.75) is 26.2 Å². The van der Waals surface area contributed by atoms with Crippen LogP contribution in [0.1, 0.15) is 29.3 Å². The van der Waals surface area contributed by atoms with Gasteiger partial charge in [0, 0.05) is 51.3 Å². The van der Waals surface area contributed by atoms with Crippen molar-refractivity contribution in [3.8, 4) is 0 Å². The number of hydrogen-bond donors (Lipinski definition) is 0. The molecule has 162 valence electrons. The molecule has 1 aliphatic rings. The number of nitrogens with zero attached hydrogens (tertiary/aromatic N) is 5. The van der Waals surface area contributed by atoms with E-state index in [0.29, 0.717) is 25.3 Å². The van der Waals surface area contributed by atoms with Crippen molar-refractivity contribution in [3.05, 3.63) is 76.9 Å². The quantitative estimate of drug-likeness (QED) is 0.606. The normalized spacial score (nSPS) is 14.7. The fourth-order valence-corrected chi connectivity index (χ4v) is 3.62. The predicted octanol–water partition coefficient (Wildman–Crippen LogP) is 4.35. The van der Waals surface area contributed by atoms with Crippen LogP contribution in [0.5, 0.6) is 0 Å². The topological polar surface area (TPSA) is 45.2 Å². The molecule has 0 radical (unpaired) electrons. The molecule has 1 fully saturated rings. The van der Waals surface area contributed by atoms with Crippen LogP contribution in [0.3, 0.4) is 0 Å². The van der Waals surface area contributed by atoms with Crippen LogP contribution < -0.4 is 9.80 Å². The largest absolute Gasteiger partial charge is 0.353 e. The Morgan fingerprint density at radius 3 is 2.10 bits per heavy atom. The molecule has 1 saturated heterocycles. The number of halogens is 3. The number of hydrogen-bond acceptors (Lipinski definition) is 5. The zero-order valence-electron chi connectivity index (χ0n) is 17.5. The summed E-state index contributed by atoms with van der Waals surface area (Å²) in [6, 6.07) is 11.5. The summed E-state index contributed by atoms with van der Waals surface area (Å²) in [5.74, 6) is -1.63. The number of rotatable bonds is 5. The Morgan fingerprint density at radius 2 is 1.55 bits per heavy atom. The summed E-state index contributed by atoms with van der Waals surface area (Å²) in [5.41, 5.74) is 2.81. The first-order chi connectivity index (χ1) is 14.8. The Balaban J connectivity index is 1.38. The van der Waals surface area contributed by atoms with Gasteiger partial charge in [0.25, 0.3) is 5.92 Å². The molecule has 4 rings (SSSR count). The average molecular weight is 427 g/mol. The summed E-state index contributed by atoms with van der Waals surface area (Å²) in [5, 5.41) is 8.80. The summed E-state index contributed by atoms with van der Waals surface area (Å²) in [7, 11) is 0. The first-order valence-corrected chi connectivity index (χ1v) is 10.2. The van der Waals surface area contributed by atoms with Gasteiger partial charge in [0.2, 0.25) is 0 Å². The summed E-state index contributed by atoms with van der Waals surface area (Å²) in [6.45, 7) is 5.77. The van der Waals surface area contributed by atoms with Gasteiger partial charge in [-0.1, -0.05) is 12.1 Å². The van der Waals surface area contributed by atoms with Crippen LogP contribution in [0, 0.1) is 12.7 Å². The van der Waals surface area contributed by atoms with Gasteiger partial charge in [-0.2, -0.15) is 5.10 Å². The number of alkyl halides is 2. The lowest BCUT2D eigenvalue weighted by molar-refractivity contribution is 0.0171. The number of aromatic nitrogens is 3. The molecule has 8 heteroatoms. The van der Waals surface area contributed by atoms with Gasteiger partial charge >= 0.3 is 0 Å². The van der Waals surface area contributed by atoms with E-state index in [4.69, 9.17) is 0 Å². The van der Waals surface area contributed by atoms with Gasteiger partial charge in [0.15, 0.2) is 5.82 Å². The maximum atomic E-state index is 13.4. The molecule has 3 heterocycles. The number of pyridine rings is 1. The van der Waals surface area contributed by atoms with E-state index in [1.807, 2.05) is 13.0 Å². The first kappa shape index (κ1) is 21.1. The van der Waals surface area contributed by atoms with Crippen molar-refractivity contribution >= 4 is 11.6 Å². The minimum absolute atomic E-state index is 0.0821. The number of aryl methyl sites for hydroxylation is 1. The number of anilines is 2. The van der Waals surface area contributed by atoms with E-state index < -0.39 is 5.92 Å². The van der Waals surface area contributed by atoms with Gasteiger partial charge in [-0.3, -0.25) is 0 Å². The van der Waals surface area contributed by atoms with Gasteiger partial charge in [-0.15, -0.1) is 5.10 Å². The molecule has 31 heavy (non-hydrogen) atoms. The van der Waals surface area contributed by atoms with Crippen LogP contribution in [-0.4, -0.2) is 41.4 Å². The maximum Gasteiger partial charge on any atom is 0.272 e. The average Bonchev–Trinajstić information content (AvgIpc) is 2.76. The second kappa shape index (κ2) is 8.53. The van der Waals surface area contributed by atoms with Crippen molar-refractivity contribution in [1.82, 2.24) is 15.2 Å². The lowest BCUT2D eigenvalue weighted by Crippen LogP contribution is -2.47. The van der Waals surface area contributed by atoms with E-state index in [1.165, 1.54) is 24.4 Å². The zero-order valence-corrected chi connectivity index (χ0v) is 17.5. The molecule has 2 aromatic heterocycles. The molecule has 0 unspecified atom stereocenters. The lowest BCUT2D eigenvalue weighted by atomic mass is 10.1. The first-order valence-electron chi connectivity index (χ1n) is 10.2. The van der Waals surface area contributed by atoms with E-state index in [9.17, 15) is 13.2 Å². The molecule has 0 spiro atoms. The summed E-state index contributed by atoms with van der Waals surface area (Å²) < 4.78 is 39.9. The third kappa shape index (κ3) is 4.95. The van der Waals surface area contributed by atoms with Gasteiger partial charge in [-0.05, 0) is 48.4 Å². The highest BCUT2D eigenvalue weighted by Crippen LogP contribution is 2.27. The Labute approximate surface area is 179 Å². The second-order valence-corrected chi connectivity index (χ2v) is 7.90. The van der Waals surface area contributed by atoms with Crippen LogP contribution in [0.2, 0.25) is 0 Å². The Kier molecular flexibility index (Phi) is 5.80. The van der Waals surface area contributed by atoms with E-state index in [1.54, 1.807) is 18.2 Å². The molecular formula is C23H24F3N5. The molecule has 1 aliphatic heterocycles. The fourth-order valence-electron chi connectivity index (χ4n) is 3.62. The lowest BCUT2D eigenvalue weighted by Gasteiger charge is -2.36. The van der Waals surface area contributed by atoms with Crippen molar-refractivity contribution in [1.29, 1.82) is 0 Å². The minimum Gasteiger partial charge on any atom is -0.353 e. The van der Waals surface area contributed by atoms with Crippen LogP contribution >= 0.6 is 0 Å². The second-order valence-electron chi connectivity index (χ2n) is 7.90. The SMILES string of the molecule is Cc1cc(N2CCN(c3ccc(C(C)(F)F)cn3)CC2)nnc1Cc1ccc(F)cc1. The van der Waals surface area contributed by atoms with Crippen LogP contribution in [0.15, 0.2) is 48.7 Å². The highest BCUT2D eigenvalue weighted by molar-refractivity contribution is 5.46. The molecule has 3 aromatic rings. The summed E-state index contributed by atoms with van der Waals surface area (Å²) >= 11 is 0. The van der Waals surface area contributed by atoms with E-state index >= 15 is 0 Å². The van der Waals surface area contributed by atoms with Crippen molar-refractivity contribution < 1.29 is 13.2 Å². The Bertz CT molecular complexity index is 1020. The smallest absolute Gasteiger partial charge is 0.272 e. The molecule has 0 atom stereocenters. The molecule has 5 nitrogen and oxygen atoms in total. The monoisotopic (exact) mass is 427 g/mol. The highest BCUT2D eigenvalue weighted by atomic mass is 19.3. The van der Waals surface area contributed by atoms with Gasteiger partial charge in [-0.25, -0.2) is 18.2 Å². The van der Waals surface area contributed by atoms with Crippen molar-refractivity contribution in [2.24, 2.45) is 0 Å². The molecule has 0 N–H and O–H groups in total. The Hall–Kier alpha value is -3.16. The summed E-state index contributed by atoms with van der Waals surface area (Å²) in [4.78, 5) is 8.45.